The van der Waals surface area contributed by atoms with Crippen LogP contribution in [-0.4, -0.2) is 64.0 Å². The molecule has 9 heteroatoms. The maximum Gasteiger partial charge on any atom is 0.387 e. The lowest BCUT2D eigenvalue weighted by Gasteiger charge is -2.34. The predicted octanol–water partition coefficient (Wildman–Crippen LogP) is 3.53. The third-order valence-corrected chi connectivity index (χ3v) is 4.50. The molecule has 0 bridgehead atoms. The smallest absolute Gasteiger partial charge is 0.387 e. The summed E-state index contributed by atoms with van der Waals surface area (Å²) in [5, 5.41) is 3.34. The number of guanidine groups is 1. The maximum absolute atomic E-state index is 12.5. The molecule has 1 aromatic carbocycles. The topological polar surface area (TPSA) is 55.3 Å². The zero-order valence-corrected chi connectivity index (χ0v) is 19.0. The largest absolute Gasteiger partial charge is 0.493 e. The van der Waals surface area contributed by atoms with Crippen molar-refractivity contribution in [3.05, 3.63) is 23.8 Å². The van der Waals surface area contributed by atoms with E-state index in [1.807, 2.05) is 13.0 Å². The molecule has 0 spiro atoms. The van der Waals surface area contributed by atoms with Gasteiger partial charge in [-0.25, -0.2) is 0 Å². The zero-order chi connectivity index (χ0) is 19.6. The molecular formula is C19H30F2IN3O3. The van der Waals surface area contributed by atoms with E-state index >= 15 is 0 Å². The lowest BCUT2D eigenvalue weighted by molar-refractivity contribution is -0.0512. The summed E-state index contributed by atoms with van der Waals surface area (Å²) in [4.78, 5) is 6.56. The third-order valence-electron chi connectivity index (χ3n) is 4.50. The van der Waals surface area contributed by atoms with E-state index < -0.39 is 6.61 Å². The van der Waals surface area contributed by atoms with Crippen LogP contribution in [0, 0.1) is 0 Å². The second kappa shape index (κ2) is 13.0. The van der Waals surface area contributed by atoms with Crippen LogP contribution in [0.4, 0.5) is 8.78 Å². The SMILES string of the molecule is CCOC1CCN(C(=NC)NCCc2ccc(OC)c(OC(F)F)c2)CC1.I. The summed E-state index contributed by atoms with van der Waals surface area (Å²) in [6, 6.07) is 5.07. The van der Waals surface area contributed by atoms with Gasteiger partial charge >= 0.3 is 6.61 Å². The Morgan fingerprint density at radius 2 is 2.00 bits per heavy atom. The molecule has 1 aromatic rings. The van der Waals surface area contributed by atoms with Crippen molar-refractivity contribution in [2.45, 2.75) is 38.9 Å². The van der Waals surface area contributed by atoms with Crippen LogP contribution < -0.4 is 14.8 Å². The molecule has 1 fully saturated rings. The fourth-order valence-electron chi connectivity index (χ4n) is 3.19. The second-order valence-electron chi connectivity index (χ2n) is 6.23. The number of likely N-dealkylation sites (tertiary alicyclic amines) is 1. The minimum Gasteiger partial charge on any atom is -0.493 e. The van der Waals surface area contributed by atoms with Crippen molar-refractivity contribution in [3.63, 3.8) is 0 Å². The molecule has 0 aromatic heterocycles. The van der Waals surface area contributed by atoms with Gasteiger partial charge in [0.2, 0.25) is 0 Å². The van der Waals surface area contributed by atoms with Crippen LogP contribution in [-0.2, 0) is 11.2 Å². The number of nitrogens with zero attached hydrogens (tertiary/aromatic N) is 2. The van der Waals surface area contributed by atoms with Gasteiger partial charge in [0.25, 0.3) is 0 Å². The van der Waals surface area contributed by atoms with Crippen molar-refractivity contribution in [1.82, 2.24) is 10.2 Å². The number of rotatable bonds is 8. The number of benzene rings is 1. The molecule has 1 aliphatic heterocycles. The number of ether oxygens (including phenoxy) is 3. The molecule has 1 aliphatic rings. The van der Waals surface area contributed by atoms with E-state index in [0.717, 1.165) is 44.1 Å². The number of methoxy groups -OCH3 is 1. The first-order chi connectivity index (χ1) is 13.1. The minimum absolute atomic E-state index is 0. The summed E-state index contributed by atoms with van der Waals surface area (Å²) in [5.41, 5.74) is 0.879. The van der Waals surface area contributed by atoms with Gasteiger partial charge in [-0.2, -0.15) is 8.78 Å². The van der Waals surface area contributed by atoms with E-state index in [-0.39, 0.29) is 29.7 Å². The Hall–Kier alpha value is -1.36. The first-order valence-corrected chi connectivity index (χ1v) is 9.26. The molecule has 28 heavy (non-hydrogen) atoms. The van der Waals surface area contributed by atoms with Crippen LogP contribution in [0.2, 0.25) is 0 Å². The monoisotopic (exact) mass is 513 g/mol. The quantitative estimate of drug-likeness (QED) is 0.328. The van der Waals surface area contributed by atoms with Gasteiger partial charge in [0, 0.05) is 33.3 Å². The van der Waals surface area contributed by atoms with Gasteiger partial charge in [-0.1, -0.05) is 6.07 Å². The van der Waals surface area contributed by atoms with Crippen LogP contribution in [0.1, 0.15) is 25.3 Å². The highest BCUT2D eigenvalue weighted by molar-refractivity contribution is 14.0. The third kappa shape index (κ3) is 7.57. The van der Waals surface area contributed by atoms with E-state index in [1.54, 1.807) is 19.2 Å². The Bertz CT molecular complexity index is 612. The van der Waals surface area contributed by atoms with Gasteiger partial charge < -0.3 is 24.4 Å². The molecule has 0 amide bonds. The van der Waals surface area contributed by atoms with E-state index in [9.17, 15) is 8.78 Å². The number of hydrogen-bond donors (Lipinski definition) is 1. The van der Waals surface area contributed by atoms with Gasteiger partial charge in [0.1, 0.15) is 0 Å². The fourth-order valence-corrected chi connectivity index (χ4v) is 3.19. The average molecular weight is 513 g/mol. The van der Waals surface area contributed by atoms with Crippen molar-refractivity contribution in [3.8, 4) is 11.5 Å². The highest BCUT2D eigenvalue weighted by Crippen LogP contribution is 2.29. The minimum atomic E-state index is -2.88. The summed E-state index contributed by atoms with van der Waals surface area (Å²) in [7, 11) is 3.19. The van der Waals surface area contributed by atoms with E-state index in [4.69, 9.17) is 9.47 Å². The van der Waals surface area contributed by atoms with Gasteiger partial charge in [-0.3, -0.25) is 4.99 Å². The number of hydrogen-bond acceptors (Lipinski definition) is 4. The molecule has 6 nitrogen and oxygen atoms in total. The first kappa shape index (κ1) is 24.7. The van der Waals surface area contributed by atoms with Crippen LogP contribution in [0.15, 0.2) is 23.2 Å². The average Bonchev–Trinajstić information content (AvgIpc) is 2.66. The van der Waals surface area contributed by atoms with Crippen LogP contribution in [0.25, 0.3) is 0 Å². The molecule has 1 saturated heterocycles. The summed E-state index contributed by atoms with van der Waals surface area (Å²) < 4.78 is 40.3. The van der Waals surface area contributed by atoms with Crippen LogP contribution in [0.5, 0.6) is 11.5 Å². The summed E-state index contributed by atoms with van der Waals surface area (Å²) in [6.07, 6.45) is 2.96. The molecule has 0 aliphatic carbocycles. The lowest BCUT2D eigenvalue weighted by Crippen LogP contribution is -2.47. The number of piperidine rings is 1. The standard InChI is InChI=1S/C19H29F2N3O3.HI/c1-4-26-15-8-11-24(12-9-15)19(22-2)23-10-7-14-5-6-16(25-3)17(13-14)27-18(20)21;/h5-6,13,15,18H,4,7-12H2,1-3H3,(H,22,23);1H. The normalized spacial score (nSPS) is 15.4. The van der Waals surface area contributed by atoms with E-state index in [1.165, 1.54) is 7.11 Å². The second-order valence-corrected chi connectivity index (χ2v) is 6.23. The molecule has 2 rings (SSSR count). The van der Waals surface area contributed by atoms with Crippen molar-refractivity contribution in [2.24, 2.45) is 4.99 Å². The predicted molar refractivity (Wildman–Crippen MR) is 116 cm³/mol. The maximum atomic E-state index is 12.5. The van der Waals surface area contributed by atoms with Crippen molar-refractivity contribution in [2.75, 3.05) is 40.4 Å². The van der Waals surface area contributed by atoms with Gasteiger partial charge in [-0.15, -0.1) is 24.0 Å². The fraction of sp³-hybridized carbons (Fsp3) is 0.632. The molecule has 0 radical (unpaired) electrons. The molecular weight excluding hydrogens is 483 g/mol. The van der Waals surface area contributed by atoms with Crippen LogP contribution >= 0.6 is 24.0 Å². The van der Waals surface area contributed by atoms with E-state index in [2.05, 4.69) is 19.9 Å². The van der Waals surface area contributed by atoms with Crippen molar-refractivity contribution in [1.29, 1.82) is 0 Å². The molecule has 1 heterocycles. The number of alkyl halides is 2. The number of halogens is 3. The van der Waals surface area contributed by atoms with Crippen molar-refractivity contribution < 1.29 is 23.0 Å². The summed E-state index contributed by atoms with van der Waals surface area (Å²) in [6.45, 7) is 2.32. The molecule has 0 saturated carbocycles. The Morgan fingerprint density at radius 3 is 2.57 bits per heavy atom. The highest BCUT2D eigenvalue weighted by Gasteiger charge is 2.21. The molecule has 0 atom stereocenters. The number of nitrogens with one attached hydrogen (secondary N) is 1. The Balaban J connectivity index is 0.00000392. The number of aliphatic imine (C=N–C) groups is 1. The molecule has 1 N–H and O–H groups in total. The Labute approximate surface area is 182 Å². The van der Waals surface area contributed by atoms with E-state index in [0.29, 0.717) is 24.8 Å². The summed E-state index contributed by atoms with van der Waals surface area (Å²) >= 11 is 0. The molecule has 160 valence electrons. The Morgan fingerprint density at radius 1 is 1.29 bits per heavy atom. The summed E-state index contributed by atoms with van der Waals surface area (Å²) in [5.74, 6) is 1.19. The zero-order valence-electron chi connectivity index (χ0n) is 16.6. The van der Waals surface area contributed by atoms with Gasteiger partial charge in [-0.05, 0) is 43.9 Å². The van der Waals surface area contributed by atoms with Gasteiger partial charge in [0.15, 0.2) is 17.5 Å². The van der Waals surface area contributed by atoms with Crippen molar-refractivity contribution >= 4 is 29.9 Å². The highest BCUT2D eigenvalue weighted by atomic mass is 127. The Kier molecular flexibility index (Phi) is 11.4. The molecule has 0 unspecified atom stereocenters. The van der Waals surface area contributed by atoms with Gasteiger partial charge in [0.05, 0.1) is 13.2 Å². The lowest BCUT2D eigenvalue weighted by atomic mass is 10.1. The first-order valence-electron chi connectivity index (χ1n) is 9.26. The van der Waals surface area contributed by atoms with Crippen LogP contribution in [0.3, 0.4) is 0 Å².